The number of carbonyl (C=O) groups excluding carboxylic acids is 1. The first-order valence-corrected chi connectivity index (χ1v) is 6.18. The van der Waals surface area contributed by atoms with Gasteiger partial charge in [-0.1, -0.05) is 22.0 Å². The number of hydrogen-bond acceptors (Lipinski definition) is 3. The maximum absolute atomic E-state index is 11.3. The van der Waals surface area contributed by atoms with Crippen LogP contribution in [0.1, 0.15) is 12.6 Å². The van der Waals surface area contributed by atoms with E-state index in [-0.39, 0.29) is 12.4 Å². The molecule has 0 fully saturated rings. The van der Waals surface area contributed by atoms with Gasteiger partial charge in [0.25, 0.3) is 0 Å². The molecule has 2 rings (SSSR count). The summed E-state index contributed by atoms with van der Waals surface area (Å²) in [6, 6.07) is 7.87. The molecule has 0 aliphatic heterocycles. The molecular weight excluding hydrogens is 282 g/mol. The minimum Gasteiger partial charge on any atom is -0.466 e. The third-order valence-corrected chi connectivity index (χ3v) is 2.86. The summed E-state index contributed by atoms with van der Waals surface area (Å²) in [6.07, 6.45) is 1.99. The van der Waals surface area contributed by atoms with Crippen LogP contribution >= 0.6 is 15.9 Å². The van der Waals surface area contributed by atoms with E-state index in [1.807, 2.05) is 24.3 Å². The average molecular weight is 294 g/mol. The number of rotatable bonds is 3. The van der Waals surface area contributed by atoms with Crippen LogP contribution < -0.4 is 0 Å². The number of pyridine rings is 1. The molecule has 0 bridgehead atoms. The van der Waals surface area contributed by atoms with E-state index in [1.165, 1.54) is 0 Å². The highest BCUT2D eigenvalue weighted by Crippen LogP contribution is 2.19. The first-order chi connectivity index (χ1) is 8.19. The molecule has 0 saturated heterocycles. The van der Waals surface area contributed by atoms with Crippen LogP contribution in [0.4, 0.5) is 0 Å². The molecule has 0 aliphatic carbocycles. The number of carbonyl (C=O) groups is 1. The van der Waals surface area contributed by atoms with Crippen molar-refractivity contribution in [3.63, 3.8) is 0 Å². The summed E-state index contributed by atoms with van der Waals surface area (Å²) in [5.41, 5.74) is 0.731. The first kappa shape index (κ1) is 12.0. The van der Waals surface area contributed by atoms with Crippen molar-refractivity contribution in [3.05, 3.63) is 40.6 Å². The molecule has 0 amide bonds. The Hall–Kier alpha value is -1.42. The van der Waals surface area contributed by atoms with Gasteiger partial charge in [-0.05, 0) is 30.5 Å². The Labute approximate surface area is 108 Å². The maximum atomic E-state index is 11.3. The molecule has 1 aromatic carbocycles. The molecule has 2 aromatic rings. The van der Waals surface area contributed by atoms with E-state index < -0.39 is 0 Å². The summed E-state index contributed by atoms with van der Waals surface area (Å²) in [5.74, 6) is -0.241. The first-order valence-electron chi connectivity index (χ1n) is 5.39. The van der Waals surface area contributed by atoms with Gasteiger partial charge in [-0.15, -0.1) is 0 Å². The third kappa shape index (κ3) is 3.03. The highest BCUT2D eigenvalue weighted by Gasteiger charge is 2.06. The van der Waals surface area contributed by atoms with Crippen LogP contribution in [0.25, 0.3) is 10.8 Å². The predicted octanol–water partition coefficient (Wildman–Crippen LogP) is 3.10. The second kappa shape index (κ2) is 5.27. The van der Waals surface area contributed by atoms with Gasteiger partial charge in [0.2, 0.25) is 0 Å². The fraction of sp³-hybridized carbons (Fsp3) is 0.231. The van der Waals surface area contributed by atoms with Crippen LogP contribution in [-0.4, -0.2) is 17.6 Å². The van der Waals surface area contributed by atoms with Crippen molar-refractivity contribution in [3.8, 4) is 0 Å². The molecule has 88 valence electrons. The van der Waals surface area contributed by atoms with Gasteiger partial charge in [0.1, 0.15) is 0 Å². The minimum absolute atomic E-state index is 0.219. The summed E-state index contributed by atoms with van der Waals surface area (Å²) in [4.78, 5) is 15.6. The number of hydrogen-bond donors (Lipinski definition) is 0. The second-order valence-corrected chi connectivity index (χ2v) is 4.56. The Balaban J connectivity index is 2.27. The van der Waals surface area contributed by atoms with Gasteiger partial charge in [-0.25, -0.2) is 0 Å². The van der Waals surface area contributed by atoms with Crippen molar-refractivity contribution in [2.24, 2.45) is 0 Å². The number of esters is 1. The molecule has 0 aliphatic rings. The molecule has 0 unspecified atom stereocenters. The van der Waals surface area contributed by atoms with E-state index in [2.05, 4.69) is 20.9 Å². The van der Waals surface area contributed by atoms with E-state index in [9.17, 15) is 4.79 Å². The molecule has 3 nitrogen and oxygen atoms in total. The average Bonchev–Trinajstić information content (AvgIpc) is 2.28. The SMILES string of the molecule is CCOC(=O)Cc1cc2cc(Br)ccc2cn1. The molecule has 4 heteroatoms. The quantitative estimate of drug-likeness (QED) is 0.817. The number of fused-ring (bicyclic) bond motifs is 1. The van der Waals surface area contributed by atoms with E-state index in [0.29, 0.717) is 6.61 Å². The highest BCUT2D eigenvalue weighted by atomic mass is 79.9. The molecule has 1 heterocycles. The van der Waals surface area contributed by atoms with Gasteiger partial charge in [-0.2, -0.15) is 0 Å². The molecule has 0 radical (unpaired) electrons. The van der Waals surface area contributed by atoms with Crippen LogP contribution in [-0.2, 0) is 16.0 Å². The summed E-state index contributed by atoms with van der Waals surface area (Å²) >= 11 is 3.42. The Morgan fingerprint density at radius 3 is 2.94 bits per heavy atom. The largest absolute Gasteiger partial charge is 0.466 e. The number of ether oxygens (including phenoxy) is 1. The molecule has 17 heavy (non-hydrogen) atoms. The molecular formula is C13H12BrNO2. The number of nitrogens with zero attached hydrogens (tertiary/aromatic N) is 1. The van der Waals surface area contributed by atoms with Gasteiger partial charge >= 0.3 is 5.97 Å². The molecule has 0 saturated carbocycles. The van der Waals surface area contributed by atoms with E-state index >= 15 is 0 Å². The number of aromatic nitrogens is 1. The Kier molecular flexibility index (Phi) is 3.74. The van der Waals surface area contributed by atoms with Gasteiger partial charge in [0.15, 0.2) is 0 Å². The summed E-state index contributed by atoms with van der Waals surface area (Å²) in [5, 5.41) is 2.12. The fourth-order valence-corrected chi connectivity index (χ4v) is 1.99. The summed E-state index contributed by atoms with van der Waals surface area (Å²) < 4.78 is 5.91. The monoisotopic (exact) mass is 293 g/mol. The Bertz CT molecular complexity index is 554. The van der Waals surface area contributed by atoms with Crippen LogP contribution in [0.2, 0.25) is 0 Å². The van der Waals surface area contributed by atoms with E-state index in [0.717, 1.165) is 20.9 Å². The highest BCUT2D eigenvalue weighted by molar-refractivity contribution is 9.10. The van der Waals surface area contributed by atoms with Gasteiger partial charge in [0.05, 0.1) is 18.7 Å². The van der Waals surface area contributed by atoms with Crippen molar-refractivity contribution in [1.82, 2.24) is 4.98 Å². The van der Waals surface area contributed by atoms with Crippen molar-refractivity contribution in [2.45, 2.75) is 13.3 Å². The Morgan fingerprint density at radius 1 is 1.35 bits per heavy atom. The van der Waals surface area contributed by atoms with Crippen molar-refractivity contribution >= 4 is 32.7 Å². The van der Waals surface area contributed by atoms with Gasteiger partial charge < -0.3 is 4.74 Å². The molecule has 0 atom stereocenters. The van der Waals surface area contributed by atoms with Crippen LogP contribution in [0.15, 0.2) is 34.9 Å². The third-order valence-electron chi connectivity index (χ3n) is 2.37. The standard InChI is InChI=1S/C13H12BrNO2/c1-2-17-13(16)7-12-6-10-5-11(14)4-3-9(10)8-15-12/h3-6,8H,2,7H2,1H3. The zero-order valence-corrected chi connectivity index (χ0v) is 11.0. The number of benzene rings is 1. The van der Waals surface area contributed by atoms with Crippen molar-refractivity contribution in [2.75, 3.05) is 6.61 Å². The summed E-state index contributed by atoms with van der Waals surface area (Å²) in [6.45, 7) is 2.20. The lowest BCUT2D eigenvalue weighted by atomic mass is 10.1. The molecule has 0 N–H and O–H groups in total. The zero-order chi connectivity index (χ0) is 12.3. The van der Waals surface area contributed by atoms with Crippen molar-refractivity contribution < 1.29 is 9.53 Å². The lowest BCUT2D eigenvalue weighted by molar-refractivity contribution is -0.142. The smallest absolute Gasteiger partial charge is 0.311 e. The molecule has 1 aromatic heterocycles. The van der Waals surface area contributed by atoms with Crippen molar-refractivity contribution in [1.29, 1.82) is 0 Å². The lowest BCUT2D eigenvalue weighted by Gasteiger charge is -2.03. The predicted molar refractivity (Wildman–Crippen MR) is 69.8 cm³/mol. The molecule has 0 spiro atoms. The van der Waals surface area contributed by atoms with Crippen LogP contribution in [0, 0.1) is 0 Å². The second-order valence-electron chi connectivity index (χ2n) is 3.65. The minimum atomic E-state index is -0.241. The van der Waals surface area contributed by atoms with Gasteiger partial charge in [0, 0.05) is 16.1 Å². The maximum Gasteiger partial charge on any atom is 0.311 e. The van der Waals surface area contributed by atoms with E-state index in [4.69, 9.17) is 4.74 Å². The topological polar surface area (TPSA) is 39.2 Å². The fourth-order valence-electron chi connectivity index (χ4n) is 1.61. The normalized spacial score (nSPS) is 10.5. The lowest BCUT2D eigenvalue weighted by Crippen LogP contribution is -2.08. The van der Waals surface area contributed by atoms with E-state index in [1.54, 1.807) is 13.1 Å². The summed E-state index contributed by atoms with van der Waals surface area (Å²) in [7, 11) is 0. The number of halogens is 1. The zero-order valence-electron chi connectivity index (χ0n) is 9.44. The van der Waals surface area contributed by atoms with Crippen LogP contribution in [0.5, 0.6) is 0 Å². The Morgan fingerprint density at radius 2 is 2.18 bits per heavy atom. The van der Waals surface area contributed by atoms with Crippen LogP contribution in [0.3, 0.4) is 0 Å². The van der Waals surface area contributed by atoms with Gasteiger partial charge in [-0.3, -0.25) is 9.78 Å².